The highest BCUT2D eigenvalue weighted by Gasteiger charge is 2.27. The Morgan fingerprint density at radius 2 is 2.00 bits per heavy atom. The van der Waals surface area contributed by atoms with Crippen LogP contribution in [-0.2, 0) is 4.79 Å². The summed E-state index contributed by atoms with van der Waals surface area (Å²) in [6.45, 7) is 1.29. The summed E-state index contributed by atoms with van der Waals surface area (Å²) in [4.78, 5) is 35.9. The highest BCUT2D eigenvalue weighted by Crippen LogP contribution is 2.24. The molecule has 5 rings (SSSR count). The number of anilines is 2. The lowest BCUT2D eigenvalue weighted by Gasteiger charge is -2.32. The van der Waals surface area contributed by atoms with Crippen LogP contribution in [0, 0.1) is 5.92 Å². The molecule has 9 heteroatoms. The van der Waals surface area contributed by atoms with Gasteiger partial charge in [-0.25, -0.2) is 19.4 Å². The van der Waals surface area contributed by atoms with Gasteiger partial charge in [-0.05, 0) is 31.0 Å². The summed E-state index contributed by atoms with van der Waals surface area (Å²) in [6.07, 6.45) is 6.57. The topological polar surface area (TPSA) is 106 Å². The largest absolute Gasteiger partial charge is 0.421 e. The van der Waals surface area contributed by atoms with Crippen LogP contribution in [0.5, 0.6) is 0 Å². The van der Waals surface area contributed by atoms with E-state index in [1.54, 1.807) is 29.1 Å². The van der Waals surface area contributed by atoms with Crippen molar-refractivity contribution in [2.75, 3.05) is 23.3 Å². The number of benzene rings is 1. The van der Waals surface area contributed by atoms with Gasteiger partial charge in [0, 0.05) is 36.9 Å². The van der Waals surface area contributed by atoms with E-state index in [-0.39, 0.29) is 17.5 Å². The van der Waals surface area contributed by atoms with E-state index >= 15 is 0 Å². The molecule has 1 aliphatic rings. The van der Waals surface area contributed by atoms with Crippen LogP contribution in [0.3, 0.4) is 0 Å². The molecule has 0 spiro atoms. The van der Waals surface area contributed by atoms with E-state index < -0.39 is 5.63 Å². The molecule has 0 saturated carbocycles. The predicted octanol–water partition coefficient (Wildman–Crippen LogP) is 2.62. The van der Waals surface area contributed by atoms with Gasteiger partial charge in [0.05, 0.1) is 5.92 Å². The van der Waals surface area contributed by atoms with Crippen molar-refractivity contribution in [2.24, 2.45) is 5.92 Å². The number of carbonyl (C=O) groups is 1. The van der Waals surface area contributed by atoms with Crippen molar-refractivity contribution in [3.63, 3.8) is 0 Å². The number of carbonyl (C=O) groups excluding carboxylic acids is 1. The van der Waals surface area contributed by atoms with E-state index in [0.29, 0.717) is 17.9 Å². The average molecular weight is 416 g/mol. The smallest absolute Gasteiger partial charge is 0.360 e. The summed E-state index contributed by atoms with van der Waals surface area (Å²) in [6, 6.07) is 12.5. The van der Waals surface area contributed by atoms with E-state index in [2.05, 4.69) is 25.3 Å². The number of para-hydroxylation sites is 1. The molecule has 9 nitrogen and oxygen atoms in total. The van der Waals surface area contributed by atoms with Crippen LogP contribution in [0.2, 0.25) is 0 Å². The zero-order chi connectivity index (χ0) is 21.2. The maximum Gasteiger partial charge on any atom is 0.360 e. The standard InChI is InChI=1S/C22H20N6O3/c29-21(26-17-11-15-5-1-2-7-18(15)31-22(17)30)16-6-3-9-27(13-16)19-12-20(24-14-23-19)28-10-4-8-25-28/h1-2,4-5,7-8,10-12,14,16H,3,6,9,13H2,(H,26,29)/t16-/m0/s1. The van der Waals surface area contributed by atoms with E-state index in [1.165, 1.54) is 6.33 Å². The zero-order valence-electron chi connectivity index (χ0n) is 16.6. The lowest BCUT2D eigenvalue weighted by Crippen LogP contribution is -2.41. The zero-order valence-corrected chi connectivity index (χ0v) is 16.6. The number of hydrogen-bond donors (Lipinski definition) is 1. The van der Waals surface area contributed by atoms with Crippen molar-refractivity contribution < 1.29 is 9.21 Å². The van der Waals surface area contributed by atoms with Gasteiger partial charge in [-0.2, -0.15) is 5.10 Å². The summed E-state index contributed by atoms with van der Waals surface area (Å²) in [5.41, 5.74) is 0.0919. The molecule has 1 atom stereocenters. The normalized spacial score (nSPS) is 16.4. The molecular formula is C22H20N6O3. The average Bonchev–Trinajstić information content (AvgIpc) is 3.35. The van der Waals surface area contributed by atoms with Gasteiger partial charge >= 0.3 is 5.63 Å². The fourth-order valence-electron chi connectivity index (χ4n) is 3.82. The van der Waals surface area contributed by atoms with E-state index in [9.17, 15) is 9.59 Å². The summed E-state index contributed by atoms with van der Waals surface area (Å²) in [5, 5.41) is 7.72. The molecule has 0 bridgehead atoms. The molecule has 4 heterocycles. The molecule has 0 unspecified atom stereocenters. The molecule has 1 aliphatic heterocycles. The molecule has 4 aromatic rings. The fraction of sp³-hybridized carbons (Fsp3) is 0.227. The van der Waals surface area contributed by atoms with E-state index in [4.69, 9.17) is 4.42 Å². The number of piperidine rings is 1. The first kappa shape index (κ1) is 19.0. The minimum Gasteiger partial charge on any atom is -0.421 e. The quantitative estimate of drug-likeness (QED) is 0.510. The predicted molar refractivity (Wildman–Crippen MR) is 115 cm³/mol. The summed E-state index contributed by atoms with van der Waals surface area (Å²) >= 11 is 0. The number of nitrogens with one attached hydrogen (secondary N) is 1. The Morgan fingerprint density at radius 3 is 2.87 bits per heavy atom. The third-order valence-electron chi connectivity index (χ3n) is 5.39. The molecule has 0 aliphatic carbocycles. The van der Waals surface area contributed by atoms with Crippen molar-refractivity contribution in [3.05, 3.63) is 71.6 Å². The van der Waals surface area contributed by atoms with Crippen LogP contribution in [0.1, 0.15) is 12.8 Å². The highest BCUT2D eigenvalue weighted by atomic mass is 16.4. The van der Waals surface area contributed by atoms with Gasteiger partial charge in [0.1, 0.15) is 23.4 Å². The summed E-state index contributed by atoms with van der Waals surface area (Å²) < 4.78 is 6.98. The van der Waals surface area contributed by atoms with Crippen LogP contribution >= 0.6 is 0 Å². The number of aromatic nitrogens is 4. The van der Waals surface area contributed by atoms with Crippen LogP contribution in [-0.4, -0.2) is 38.7 Å². The Hall–Kier alpha value is -4.01. The molecule has 1 aromatic carbocycles. The van der Waals surface area contributed by atoms with Crippen LogP contribution in [0.25, 0.3) is 16.8 Å². The lowest BCUT2D eigenvalue weighted by atomic mass is 9.97. The van der Waals surface area contributed by atoms with Gasteiger partial charge in [-0.3, -0.25) is 4.79 Å². The Morgan fingerprint density at radius 1 is 1.13 bits per heavy atom. The first-order chi connectivity index (χ1) is 15.2. The Kier molecular flexibility index (Phi) is 4.91. The molecule has 1 saturated heterocycles. The first-order valence-corrected chi connectivity index (χ1v) is 10.1. The number of hydrogen-bond acceptors (Lipinski definition) is 7. The second-order valence-electron chi connectivity index (χ2n) is 7.44. The highest BCUT2D eigenvalue weighted by molar-refractivity contribution is 5.94. The van der Waals surface area contributed by atoms with Crippen molar-refractivity contribution in [1.82, 2.24) is 19.7 Å². The molecule has 1 fully saturated rings. The Bertz CT molecular complexity index is 1280. The van der Waals surface area contributed by atoms with Gasteiger partial charge in [0.25, 0.3) is 0 Å². The minimum atomic E-state index is -0.556. The maximum absolute atomic E-state index is 12.9. The second-order valence-corrected chi connectivity index (χ2v) is 7.44. The molecule has 3 aromatic heterocycles. The minimum absolute atomic E-state index is 0.156. The molecule has 1 N–H and O–H groups in total. The van der Waals surface area contributed by atoms with Crippen molar-refractivity contribution in [3.8, 4) is 5.82 Å². The molecular weight excluding hydrogens is 396 g/mol. The number of rotatable bonds is 4. The maximum atomic E-state index is 12.9. The third kappa shape index (κ3) is 3.89. The van der Waals surface area contributed by atoms with E-state index in [1.807, 2.05) is 30.5 Å². The number of fused-ring (bicyclic) bond motifs is 1. The first-order valence-electron chi connectivity index (χ1n) is 10.1. The second kappa shape index (κ2) is 8.02. The van der Waals surface area contributed by atoms with Crippen molar-refractivity contribution in [2.45, 2.75) is 12.8 Å². The van der Waals surface area contributed by atoms with Crippen molar-refractivity contribution >= 4 is 28.4 Å². The monoisotopic (exact) mass is 416 g/mol. The molecule has 1 amide bonds. The van der Waals surface area contributed by atoms with Crippen LogP contribution in [0.4, 0.5) is 11.5 Å². The molecule has 156 valence electrons. The van der Waals surface area contributed by atoms with Gasteiger partial charge < -0.3 is 14.6 Å². The van der Waals surface area contributed by atoms with Crippen LogP contribution < -0.4 is 15.8 Å². The number of nitrogens with zero attached hydrogens (tertiary/aromatic N) is 5. The van der Waals surface area contributed by atoms with Gasteiger partial charge in [0.15, 0.2) is 5.82 Å². The number of amides is 1. The van der Waals surface area contributed by atoms with E-state index in [0.717, 1.165) is 30.6 Å². The summed E-state index contributed by atoms with van der Waals surface area (Å²) in [5.74, 6) is 0.926. The lowest BCUT2D eigenvalue weighted by molar-refractivity contribution is -0.120. The fourth-order valence-corrected chi connectivity index (χ4v) is 3.82. The van der Waals surface area contributed by atoms with Crippen LogP contribution in [0.15, 0.2) is 70.4 Å². The SMILES string of the molecule is O=C(Nc1cc2ccccc2oc1=O)[C@H]1CCCN(c2cc(-n3cccn3)ncn2)C1. The van der Waals surface area contributed by atoms with Gasteiger partial charge in [0.2, 0.25) is 5.91 Å². The van der Waals surface area contributed by atoms with Gasteiger partial charge in [-0.15, -0.1) is 0 Å². The van der Waals surface area contributed by atoms with Gasteiger partial charge in [-0.1, -0.05) is 18.2 Å². The Labute approximate surface area is 177 Å². The molecule has 31 heavy (non-hydrogen) atoms. The summed E-state index contributed by atoms with van der Waals surface area (Å²) in [7, 11) is 0. The molecule has 0 radical (unpaired) electrons. The van der Waals surface area contributed by atoms with Crippen molar-refractivity contribution in [1.29, 1.82) is 0 Å². The third-order valence-corrected chi connectivity index (χ3v) is 5.39. The Balaban J connectivity index is 1.33.